The van der Waals surface area contributed by atoms with Gasteiger partial charge >= 0.3 is 6.03 Å². The Morgan fingerprint density at radius 1 is 1.23 bits per heavy atom. The third kappa shape index (κ3) is 3.66. The molecule has 0 bridgehead atoms. The zero-order valence-electron chi connectivity index (χ0n) is 16.0. The van der Waals surface area contributed by atoms with Crippen LogP contribution in [0.25, 0.3) is 0 Å². The average Bonchev–Trinajstić information content (AvgIpc) is 2.86. The van der Waals surface area contributed by atoms with Gasteiger partial charge in [0.1, 0.15) is 17.8 Å². The molecule has 0 radical (unpaired) electrons. The Bertz CT molecular complexity index is 687. The van der Waals surface area contributed by atoms with Gasteiger partial charge in [0.25, 0.3) is 5.91 Å². The van der Waals surface area contributed by atoms with Gasteiger partial charge in [0.15, 0.2) is 0 Å². The van der Waals surface area contributed by atoms with Crippen LogP contribution < -0.4 is 15.4 Å². The van der Waals surface area contributed by atoms with Crippen molar-refractivity contribution >= 4 is 17.8 Å². The summed E-state index contributed by atoms with van der Waals surface area (Å²) in [5, 5.41) is 5.59. The molecule has 0 spiro atoms. The van der Waals surface area contributed by atoms with Gasteiger partial charge in [0.2, 0.25) is 5.91 Å². The van der Waals surface area contributed by atoms with E-state index in [2.05, 4.69) is 10.6 Å². The van der Waals surface area contributed by atoms with E-state index >= 15 is 0 Å². The highest BCUT2D eigenvalue weighted by molar-refractivity contribution is 6.09. The summed E-state index contributed by atoms with van der Waals surface area (Å²) < 4.78 is 5.14. The first kappa shape index (κ1) is 19.8. The lowest BCUT2D eigenvalue weighted by atomic mass is 9.87. The maximum absolute atomic E-state index is 13.0. The molecule has 2 atom stereocenters. The molecule has 1 aromatic rings. The summed E-state index contributed by atoms with van der Waals surface area (Å²) in [6.45, 7) is 7.41. The van der Waals surface area contributed by atoms with E-state index in [1.54, 1.807) is 31.4 Å². The summed E-state index contributed by atoms with van der Waals surface area (Å²) >= 11 is 0. The van der Waals surface area contributed by atoms with Crippen molar-refractivity contribution in [2.24, 2.45) is 5.92 Å². The molecule has 142 valence electrons. The van der Waals surface area contributed by atoms with Gasteiger partial charge in [0.05, 0.1) is 7.11 Å². The minimum Gasteiger partial charge on any atom is -0.497 e. The van der Waals surface area contributed by atoms with Crippen molar-refractivity contribution in [3.63, 3.8) is 0 Å². The highest BCUT2D eigenvalue weighted by atomic mass is 16.5. The number of urea groups is 1. The monoisotopic (exact) mass is 361 g/mol. The molecule has 1 fully saturated rings. The van der Waals surface area contributed by atoms with Crippen molar-refractivity contribution in [3.8, 4) is 5.75 Å². The molecular formula is C19H27N3O4. The lowest BCUT2D eigenvalue weighted by Crippen LogP contribution is -2.46. The van der Waals surface area contributed by atoms with E-state index in [0.29, 0.717) is 17.7 Å². The van der Waals surface area contributed by atoms with Gasteiger partial charge < -0.3 is 15.4 Å². The van der Waals surface area contributed by atoms with Crippen LogP contribution >= 0.6 is 0 Å². The molecular weight excluding hydrogens is 334 g/mol. The second kappa shape index (κ2) is 7.76. The molecule has 2 rings (SSSR count). The number of benzene rings is 1. The molecule has 26 heavy (non-hydrogen) atoms. The van der Waals surface area contributed by atoms with Gasteiger partial charge in [0, 0.05) is 6.04 Å². The summed E-state index contributed by atoms with van der Waals surface area (Å²) in [6, 6.07) is 6.40. The molecule has 1 saturated heterocycles. The average molecular weight is 361 g/mol. The zero-order chi connectivity index (χ0) is 19.5. The maximum Gasteiger partial charge on any atom is 0.325 e. The second-order valence-corrected chi connectivity index (χ2v) is 6.91. The smallest absolute Gasteiger partial charge is 0.325 e. The van der Waals surface area contributed by atoms with Gasteiger partial charge in [-0.05, 0) is 37.0 Å². The summed E-state index contributed by atoms with van der Waals surface area (Å²) in [5.74, 6) is 0.158. The number of amides is 4. The number of imide groups is 1. The number of carbonyl (C=O) groups excluding carboxylic acids is 3. The van der Waals surface area contributed by atoms with E-state index in [1.165, 1.54) is 0 Å². The summed E-state index contributed by atoms with van der Waals surface area (Å²) in [7, 11) is 1.56. The molecule has 1 aliphatic heterocycles. The van der Waals surface area contributed by atoms with E-state index in [0.717, 1.165) is 4.90 Å². The summed E-state index contributed by atoms with van der Waals surface area (Å²) in [6.07, 6.45) is 0.379. The Balaban J connectivity index is 2.20. The fourth-order valence-corrected chi connectivity index (χ4v) is 2.89. The van der Waals surface area contributed by atoms with Crippen molar-refractivity contribution in [2.45, 2.75) is 45.7 Å². The highest BCUT2D eigenvalue weighted by Gasteiger charge is 2.51. The largest absolute Gasteiger partial charge is 0.497 e. The third-order valence-corrected chi connectivity index (χ3v) is 4.98. The number of nitrogens with zero attached hydrogens (tertiary/aromatic N) is 1. The molecule has 1 aliphatic rings. The van der Waals surface area contributed by atoms with Crippen LogP contribution in [0.15, 0.2) is 24.3 Å². The van der Waals surface area contributed by atoms with Gasteiger partial charge in [-0.15, -0.1) is 0 Å². The Hall–Kier alpha value is -2.57. The van der Waals surface area contributed by atoms with Crippen molar-refractivity contribution in [2.75, 3.05) is 13.7 Å². The Morgan fingerprint density at radius 3 is 2.35 bits per heavy atom. The lowest BCUT2D eigenvalue weighted by molar-refractivity contribution is -0.135. The SMILES string of the molecule is CC[C@]1(c2ccc(OC)cc2)NC(=O)N(CC(=O)N[C@@H](C)C(C)C)C1=O. The molecule has 0 unspecified atom stereocenters. The van der Waals surface area contributed by atoms with Crippen molar-refractivity contribution in [3.05, 3.63) is 29.8 Å². The Morgan fingerprint density at radius 2 is 1.85 bits per heavy atom. The molecule has 7 nitrogen and oxygen atoms in total. The maximum atomic E-state index is 13.0. The van der Waals surface area contributed by atoms with Gasteiger partial charge in [-0.3, -0.25) is 14.5 Å². The van der Waals surface area contributed by atoms with E-state index in [1.807, 2.05) is 27.7 Å². The minimum absolute atomic E-state index is 0.0409. The summed E-state index contributed by atoms with van der Waals surface area (Å²) in [5.41, 5.74) is -0.495. The molecule has 1 heterocycles. The van der Waals surface area contributed by atoms with Crippen LogP contribution in [0, 0.1) is 5.92 Å². The lowest BCUT2D eigenvalue weighted by Gasteiger charge is -2.26. The van der Waals surface area contributed by atoms with Crippen LogP contribution in [0.4, 0.5) is 4.79 Å². The van der Waals surface area contributed by atoms with Gasteiger partial charge in [-0.25, -0.2) is 4.79 Å². The number of carbonyl (C=O) groups is 3. The number of nitrogens with one attached hydrogen (secondary N) is 2. The molecule has 2 N–H and O–H groups in total. The number of rotatable bonds is 7. The zero-order valence-corrected chi connectivity index (χ0v) is 16.0. The van der Waals surface area contributed by atoms with Crippen molar-refractivity contribution in [1.29, 1.82) is 0 Å². The summed E-state index contributed by atoms with van der Waals surface area (Å²) in [4.78, 5) is 38.6. The number of methoxy groups -OCH3 is 1. The molecule has 1 aromatic carbocycles. The van der Waals surface area contributed by atoms with E-state index in [-0.39, 0.29) is 24.4 Å². The fraction of sp³-hybridized carbons (Fsp3) is 0.526. The predicted octanol–water partition coefficient (Wildman–Crippen LogP) is 2.01. The van der Waals surface area contributed by atoms with Gasteiger partial charge in [-0.1, -0.05) is 32.9 Å². The Kier molecular flexibility index (Phi) is 5.90. The molecule has 0 aliphatic carbocycles. The van der Waals surface area contributed by atoms with Gasteiger partial charge in [-0.2, -0.15) is 0 Å². The second-order valence-electron chi connectivity index (χ2n) is 6.91. The van der Waals surface area contributed by atoms with E-state index < -0.39 is 17.5 Å². The van der Waals surface area contributed by atoms with Crippen LogP contribution in [-0.2, 0) is 15.1 Å². The number of hydrogen-bond acceptors (Lipinski definition) is 4. The minimum atomic E-state index is -1.16. The topological polar surface area (TPSA) is 87.7 Å². The van der Waals surface area contributed by atoms with Crippen LogP contribution in [0.2, 0.25) is 0 Å². The molecule has 4 amide bonds. The molecule has 0 saturated carbocycles. The number of hydrogen-bond donors (Lipinski definition) is 2. The van der Waals surface area contributed by atoms with Crippen molar-refractivity contribution < 1.29 is 19.1 Å². The van der Waals surface area contributed by atoms with Crippen LogP contribution in [0.3, 0.4) is 0 Å². The first-order valence-corrected chi connectivity index (χ1v) is 8.83. The number of ether oxygens (including phenoxy) is 1. The van der Waals surface area contributed by atoms with Crippen LogP contribution in [0.5, 0.6) is 5.75 Å². The Labute approximate surface area is 154 Å². The van der Waals surface area contributed by atoms with Crippen LogP contribution in [0.1, 0.15) is 39.7 Å². The fourth-order valence-electron chi connectivity index (χ4n) is 2.89. The predicted molar refractivity (Wildman–Crippen MR) is 97.7 cm³/mol. The van der Waals surface area contributed by atoms with E-state index in [9.17, 15) is 14.4 Å². The van der Waals surface area contributed by atoms with Crippen LogP contribution in [-0.4, -0.2) is 42.4 Å². The first-order valence-electron chi connectivity index (χ1n) is 8.83. The third-order valence-electron chi connectivity index (χ3n) is 4.98. The standard InChI is InChI=1S/C19H27N3O4/c1-6-19(14-7-9-15(26-5)10-8-14)17(24)22(18(25)21-19)11-16(23)20-13(4)12(2)3/h7-10,12-13H,6,11H2,1-5H3,(H,20,23)(H,21,25)/t13-,19+/m0/s1. The first-order chi connectivity index (χ1) is 12.2. The molecule has 0 aromatic heterocycles. The highest BCUT2D eigenvalue weighted by Crippen LogP contribution is 2.33. The quantitative estimate of drug-likeness (QED) is 0.727. The molecule has 7 heteroatoms. The van der Waals surface area contributed by atoms with E-state index in [4.69, 9.17) is 4.74 Å². The normalized spacial score (nSPS) is 20.9. The van der Waals surface area contributed by atoms with Crippen molar-refractivity contribution in [1.82, 2.24) is 15.5 Å².